The SMILES string of the molecule is Cc1cc(-n2ncc(=O)[nH]c2=O)ccc1S(=O)c1ccc(Cl)cc1. The molecule has 0 fully saturated rings. The summed E-state index contributed by atoms with van der Waals surface area (Å²) in [6.07, 6.45) is 1.02. The average Bonchev–Trinajstić information content (AvgIpc) is 2.55. The van der Waals surface area contributed by atoms with Gasteiger partial charge in [-0.15, -0.1) is 0 Å². The van der Waals surface area contributed by atoms with E-state index in [2.05, 4.69) is 10.1 Å². The summed E-state index contributed by atoms with van der Waals surface area (Å²) in [4.78, 5) is 26.3. The Morgan fingerprint density at radius 2 is 1.83 bits per heavy atom. The molecule has 0 aliphatic rings. The molecule has 0 aliphatic carbocycles. The van der Waals surface area contributed by atoms with Crippen molar-refractivity contribution >= 4 is 22.4 Å². The number of halogens is 1. The third kappa shape index (κ3) is 3.22. The van der Waals surface area contributed by atoms with Gasteiger partial charge in [0.25, 0.3) is 5.56 Å². The first kappa shape index (κ1) is 16.4. The Kier molecular flexibility index (Phi) is 4.46. The van der Waals surface area contributed by atoms with Crippen LogP contribution in [-0.4, -0.2) is 19.0 Å². The Labute approximate surface area is 144 Å². The highest BCUT2D eigenvalue weighted by Gasteiger charge is 2.12. The smallest absolute Gasteiger partial charge is 0.271 e. The molecule has 0 saturated heterocycles. The number of nitrogens with zero attached hydrogens (tertiary/aromatic N) is 2. The molecule has 0 saturated carbocycles. The molecule has 0 spiro atoms. The third-order valence-corrected chi connectivity index (χ3v) is 5.15. The number of benzene rings is 2. The van der Waals surface area contributed by atoms with E-state index < -0.39 is 22.0 Å². The lowest BCUT2D eigenvalue weighted by molar-refractivity contribution is 0.682. The van der Waals surface area contributed by atoms with Crippen LogP contribution in [0, 0.1) is 6.92 Å². The predicted molar refractivity (Wildman–Crippen MR) is 91.3 cm³/mol. The molecule has 122 valence electrons. The summed E-state index contributed by atoms with van der Waals surface area (Å²) in [7, 11) is -1.36. The van der Waals surface area contributed by atoms with Crippen LogP contribution in [0.2, 0.25) is 5.02 Å². The van der Waals surface area contributed by atoms with Crippen molar-refractivity contribution in [3.8, 4) is 5.69 Å². The fourth-order valence-corrected chi connectivity index (χ4v) is 3.50. The zero-order valence-electron chi connectivity index (χ0n) is 12.5. The fraction of sp³-hybridized carbons (Fsp3) is 0.0625. The minimum absolute atomic E-state index is 0.477. The molecule has 6 nitrogen and oxygen atoms in total. The Hall–Kier alpha value is -2.51. The van der Waals surface area contributed by atoms with Crippen LogP contribution < -0.4 is 11.2 Å². The van der Waals surface area contributed by atoms with Crippen LogP contribution in [0.5, 0.6) is 0 Å². The lowest BCUT2D eigenvalue weighted by Crippen LogP contribution is -2.30. The van der Waals surface area contributed by atoms with E-state index >= 15 is 0 Å². The van der Waals surface area contributed by atoms with Crippen molar-refractivity contribution in [2.75, 3.05) is 0 Å². The van der Waals surface area contributed by atoms with Crippen molar-refractivity contribution in [3.05, 3.63) is 80.1 Å². The number of aryl methyl sites for hydroxylation is 1. The third-order valence-electron chi connectivity index (χ3n) is 3.34. The van der Waals surface area contributed by atoms with E-state index in [1.54, 1.807) is 49.4 Å². The number of hydrogen-bond donors (Lipinski definition) is 1. The molecular formula is C16H12ClN3O3S. The summed E-state index contributed by atoms with van der Waals surface area (Å²) < 4.78 is 13.7. The van der Waals surface area contributed by atoms with E-state index in [4.69, 9.17) is 11.6 Å². The van der Waals surface area contributed by atoms with E-state index in [-0.39, 0.29) is 0 Å². The molecule has 0 bridgehead atoms. The first-order valence-electron chi connectivity index (χ1n) is 6.93. The van der Waals surface area contributed by atoms with Crippen molar-refractivity contribution in [2.24, 2.45) is 0 Å². The second kappa shape index (κ2) is 6.54. The number of rotatable bonds is 3. The quantitative estimate of drug-likeness (QED) is 0.773. The zero-order chi connectivity index (χ0) is 17.3. The van der Waals surface area contributed by atoms with Gasteiger partial charge >= 0.3 is 5.69 Å². The molecule has 1 unspecified atom stereocenters. The van der Waals surface area contributed by atoms with E-state index in [9.17, 15) is 13.8 Å². The molecule has 3 rings (SSSR count). The molecule has 0 aliphatic heterocycles. The Balaban J connectivity index is 2.01. The molecule has 1 aromatic heterocycles. The summed E-state index contributed by atoms with van der Waals surface area (Å²) in [5.41, 5.74) is 0.0215. The van der Waals surface area contributed by atoms with Gasteiger partial charge in [0.15, 0.2) is 0 Å². The molecule has 0 radical (unpaired) electrons. The standard InChI is InChI=1S/C16H12ClN3O3S/c1-10-8-12(20-16(22)19-15(21)9-18-20)4-7-14(10)24(23)13-5-2-11(17)3-6-13/h2-9H,1H3,(H,19,21,22). The Bertz CT molecular complexity index is 1040. The van der Waals surface area contributed by atoms with Crippen molar-refractivity contribution in [1.82, 2.24) is 14.8 Å². The predicted octanol–water partition coefficient (Wildman–Crippen LogP) is 2.05. The Morgan fingerprint density at radius 1 is 1.12 bits per heavy atom. The highest BCUT2D eigenvalue weighted by Crippen LogP contribution is 2.23. The molecule has 2 aromatic carbocycles. The summed E-state index contributed by atoms with van der Waals surface area (Å²) in [5.74, 6) is 0. The van der Waals surface area contributed by atoms with Gasteiger partial charge in [-0.1, -0.05) is 11.6 Å². The second-order valence-electron chi connectivity index (χ2n) is 5.02. The minimum Gasteiger partial charge on any atom is -0.271 e. The topological polar surface area (TPSA) is 84.8 Å². The monoisotopic (exact) mass is 361 g/mol. The maximum Gasteiger partial charge on any atom is 0.349 e. The Morgan fingerprint density at radius 3 is 2.46 bits per heavy atom. The average molecular weight is 362 g/mol. The molecule has 1 atom stereocenters. The van der Waals surface area contributed by atoms with Crippen LogP contribution in [0.3, 0.4) is 0 Å². The summed E-state index contributed by atoms with van der Waals surface area (Å²) >= 11 is 5.84. The lowest BCUT2D eigenvalue weighted by Gasteiger charge is -2.09. The first-order valence-corrected chi connectivity index (χ1v) is 8.45. The minimum atomic E-state index is -1.36. The molecule has 1 N–H and O–H groups in total. The fourth-order valence-electron chi connectivity index (χ4n) is 2.20. The largest absolute Gasteiger partial charge is 0.349 e. The van der Waals surface area contributed by atoms with Crippen LogP contribution in [0.4, 0.5) is 0 Å². The van der Waals surface area contributed by atoms with Gasteiger partial charge in [-0.3, -0.25) is 9.78 Å². The van der Waals surface area contributed by atoms with Gasteiger partial charge in [0.05, 0.1) is 16.5 Å². The summed E-state index contributed by atoms with van der Waals surface area (Å²) in [6.45, 7) is 1.80. The van der Waals surface area contributed by atoms with Gasteiger partial charge in [0, 0.05) is 14.8 Å². The summed E-state index contributed by atoms with van der Waals surface area (Å²) in [5, 5.41) is 4.38. The van der Waals surface area contributed by atoms with Gasteiger partial charge in [-0.05, 0) is 55.0 Å². The molecular weight excluding hydrogens is 350 g/mol. The van der Waals surface area contributed by atoms with E-state index in [1.165, 1.54) is 0 Å². The van der Waals surface area contributed by atoms with Crippen LogP contribution in [0.15, 0.2) is 68.0 Å². The van der Waals surface area contributed by atoms with Crippen molar-refractivity contribution in [1.29, 1.82) is 0 Å². The van der Waals surface area contributed by atoms with Crippen molar-refractivity contribution in [3.63, 3.8) is 0 Å². The molecule has 8 heteroatoms. The first-order chi connectivity index (χ1) is 11.5. The van der Waals surface area contributed by atoms with Crippen LogP contribution in [-0.2, 0) is 10.8 Å². The second-order valence-corrected chi connectivity index (χ2v) is 6.91. The van der Waals surface area contributed by atoms with Gasteiger partial charge in [0.2, 0.25) is 0 Å². The molecule has 24 heavy (non-hydrogen) atoms. The highest BCUT2D eigenvalue weighted by atomic mass is 35.5. The van der Waals surface area contributed by atoms with Crippen molar-refractivity contribution < 1.29 is 4.21 Å². The zero-order valence-corrected chi connectivity index (χ0v) is 14.1. The van der Waals surface area contributed by atoms with Crippen LogP contribution >= 0.6 is 11.6 Å². The summed E-state index contributed by atoms with van der Waals surface area (Å²) in [6, 6.07) is 11.8. The number of nitrogens with one attached hydrogen (secondary N) is 1. The van der Waals surface area contributed by atoms with Crippen molar-refractivity contribution in [2.45, 2.75) is 16.7 Å². The van der Waals surface area contributed by atoms with Gasteiger partial charge in [-0.25, -0.2) is 9.00 Å². The number of hydrogen-bond acceptors (Lipinski definition) is 4. The molecule has 1 heterocycles. The molecule has 0 amide bonds. The van der Waals surface area contributed by atoms with Crippen LogP contribution in [0.1, 0.15) is 5.56 Å². The van der Waals surface area contributed by atoms with Gasteiger partial charge < -0.3 is 0 Å². The number of aromatic amines is 1. The lowest BCUT2D eigenvalue weighted by atomic mass is 10.2. The van der Waals surface area contributed by atoms with Crippen LogP contribution in [0.25, 0.3) is 5.69 Å². The van der Waals surface area contributed by atoms with E-state index in [1.807, 2.05) is 0 Å². The van der Waals surface area contributed by atoms with E-state index in [0.717, 1.165) is 16.4 Å². The maximum absolute atomic E-state index is 12.7. The maximum atomic E-state index is 12.7. The number of aromatic nitrogens is 3. The molecule has 3 aromatic rings. The number of H-pyrrole nitrogens is 1. The normalized spacial score (nSPS) is 12.1. The van der Waals surface area contributed by atoms with Gasteiger partial charge in [0.1, 0.15) is 6.20 Å². The van der Waals surface area contributed by atoms with Gasteiger partial charge in [-0.2, -0.15) is 9.78 Å². The highest BCUT2D eigenvalue weighted by molar-refractivity contribution is 7.85. The van der Waals surface area contributed by atoms with E-state index in [0.29, 0.717) is 20.5 Å².